The van der Waals surface area contributed by atoms with Crippen LogP contribution in [0.1, 0.15) is 24.3 Å². The summed E-state index contributed by atoms with van der Waals surface area (Å²) in [7, 11) is 0. The van der Waals surface area contributed by atoms with Crippen LogP contribution >= 0.6 is 11.6 Å². The summed E-state index contributed by atoms with van der Waals surface area (Å²) >= 11 is 6.10. The molecule has 6 nitrogen and oxygen atoms in total. The van der Waals surface area contributed by atoms with Crippen molar-refractivity contribution in [3.63, 3.8) is 0 Å². The lowest BCUT2D eigenvalue weighted by Crippen LogP contribution is -2.47. The Morgan fingerprint density at radius 2 is 1.77 bits per heavy atom. The second-order valence-electron chi connectivity index (χ2n) is 6.19. The Balaban J connectivity index is 1.68. The minimum absolute atomic E-state index is 0.0452. The number of anilines is 2. The van der Waals surface area contributed by atoms with Gasteiger partial charge in [-0.05, 0) is 32.0 Å². The van der Waals surface area contributed by atoms with Gasteiger partial charge in [0.1, 0.15) is 17.8 Å². The number of aromatic nitrogens is 2. The van der Waals surface area contributed by atoms with Crippen molar-refractivity contribution in [2.75, 3.05) is 49.1 Å². The zero-order valence-electron chi connectivity index (χ0n) is 15.2. The van der Waals surface area contributed by atoms with Crippen LogP contribution in [0.4, 0.5) is 11.5 Å². The minimum Gasteiger partial charge on any atom is -0.368 e. The van der Waals surface area contributed by atoms with Crippen LogP contribution in [0.5, 0.6) is 0 Å². The first-order chi connectivity index (χ1) is 12.6. The van der Waals surface area contributed by atoms with Crippen molar-refractivity contribution in [1.29, 1.82) is 0 Å². The van der Waals surface area contributed by atoms with Crippen LogP contribution in [0.2, 0.25) is 5.02 Å². The van der Waals surface area contributed by atoms with Gasteiger partial charge in [0, 0.05) is 56.0 Å². The molecule has 2 heterocycles. The lowest BCUT2D eigenvalue weighted by molar-refractivity contribution is 0.0767. The number of piperazine rings is 1. The Kier molecular flexibility index (Phi) is 5.93. The first-order valence-electron chi connectivity index (χ1n) is 8.99. The van der Waals surface area contributed by atoms with Crippen LogP contribution in [0, 0.1) is 0 Å². The summed E-state index contributed by atoms with van der Waals surface area (Å²) in [6.07, 6.45) is 1.48. The van der Waals surface area contributed by atoms with Crippen molar-refractivity contribution in [3.05, 3.63) is 47.4 Å². The molecule has 0 unspecified atom stereocenters. The van der Waals surface area contributed by atoms with Crippen molar-refractivity contribution >= 4 is 29.0 Å². The monoisotopic (exact) mass is 373 g/mol. The number of hydrogen-bond donors (Lipinski definition) is 0. The van der Waals surface area contributed by atoms with Crippen LogP contribution in [-0.2, 0) is 0 Å². The summed E-state index contributed by atoms with van der Waals surface area (Å²) in [6.45, 7) is 8.72. The molecule has 0 aliphatic carbocycles. The number of hydrogen-bond acceptors (Lipinski definition) is 5. The number of carbonyl (C=O) groups excluding carboxylic acids is 1. The lowest BCUT2D eigenvalue weighted by Gasteiger charge is -2.36. The summed E-state index contributed by atoms with van der Waals surface area (Å²) in [5.41, 5.74) is 1.59. The molecule has 1 saturated heterocycles. The van der Waals surface area contributed by atoms with Gasteiger partial charge < -0.3 is 14.7 Å². The zero-order valence-corrected chi connectivity index (χ0v) is 16.0. The predicted octanol–water partition coefficient (Wildman–Crippen LogP) is 2.94. The standard InChI is InChI=1S/C19H24ClN5O/c1-3-23(4-2)19(26)17-13-18(22-14-21-17)25-10-8-24(9-11-25)16-7-5-6-15(20)12-16/h5-7,12-14H,3-4,8-11H2,1-2H3. The van der Waals surface area contributed by atoms with Gasteiger partial charge in [-0.15, -0.1) is 0 Å². The number of rotatable bonds is 5. The third-order valence-electron chi connectivity index (χ3n) is 4.70. The van der Waals surface area contributed by atoms with Crippen molar-refractivity contribution in [1.82, 2.24) is 14.9 Å². The van der Waals surface area contributed by atoms with E-state index in [2.05, 4.69) is 25.8 Å². The predicted molar refractivity (Wildman–Crippen MR) is 105 cm³/mol. The maximum atomic E-state index is 12.5. The maximum Gasteiger partial charge on any atom is 0.272 e. The molecule has 3 rings (SSSR count). The number of benzene rings is 1. The minimum atomic E-state index is -0.0452. The van der Waals surface area contributed by atoms with Gasteiger partial charge >= 0.3 is 0 Å². The molecule has 7 heteroatoms. The van der Waals surface area contributed by atoms with E-state index >= 15 is 0 Å². The molecule has 1 fully saturated rings. The van der Waals surface area contributed by atoms with Gasteiger partial charge in [-0.25, -0.2) is 9.97 Å². The molecule has 138 valence electrons. The zero-order chi connectivity index (χ0) is 18.5. The third kappa shape index (κ3) is 4.07. The lowest BCUT2D eigenvalue weighted by atomic mass is 10.2. The van der Waals surface area contributed by atoms with E-state index in [0.29, 0.717) is 18.8 Å². The molecular formula is C19H24ClN5O. The molecule has 1 amide bonds. The van der Waals surface area contributed by atoms with Crippen molar-refractivity contribution in [3.8, 4) is 0 Å². The Morgan fingerprint density at radius 1 is 1.08 bits per heavy atom. The second-order valence-corrected chi connectivity index (χ2v) is 6.63. The highest BCUT2D eigenvalue weighted by molar-refractivity contribution is 6.30. The SMILES string of the molecule is CCN(CC)C(=O)c1cc(N2CCN(c3cccc(Cl)c3)CC2)ncn1. The van der Waals surface area contributed by atoms with Crippen LogP contribution in [0.3, 0.4) is 0 Å². The summed E-state index contributed by atoms with van der Waals surface area (Å²) in [5.74, 6) is 0.762. The normalized spacial score (nSPS) is 14.4. The maximum absolute atomic E-state index is 12.5. The first-order valence-corrected chi connectivity index (χ1v) is 9.37. The molecule has 1 aromatic carbocycles. The average molecular weight is 374 g/mol. The molecule has 1 aliphatic rings. The van der Waals surface area contributed by atoms with E-state index < -0.39 is 0 Å². The molecule has 0 radical (unpaired) electrons. The smallest absolute Gasteiger partial charge is 0.272 e. The highest BCUT2D eigenvalue weighted by Gasteiger charge is 2.21. The summed E-state index contributed by atoms with van der Waals surface area (Å²) in [6, 6.07) is 9.72. The third-order valence-corrected chi connectivity index (χ3v) is 4.93. The summed E-state index contributed by atoms with van der Waals surface area (Å²) in [5, 5.41) is 0.750. The van der Waals surface area contributed by atoms with Gasteiger partial charge in [0.25, 0.3) is 5.91 Å². The molecule has 0 atom stereocenters. The number of carbonyl (C=O) groups is 1. The van der Waals surface area contributed by atoms with Gasteiger partial charge in [-0.2, -0.15) is 0 Å². The molecule has 0 saturated carbocycles. The highest BCUT2D eigenvalue weighted by atomic mass is 35.5. The fourth-order valence-electron chi connectivity index (χ4n) is 3.18. The topological polar surface area (TPSA) is 52.6 Å². The quantitative estimate of drug-likeness (QED) is 0.806. The first kappa shape index (κ1) is 18.5. The van der Waals surface area contributed by atoms with Crippen LogP contribution in [0.15, 0.2) is 36.7 Å². The van der Waals surface area contributed by atoms with Gasteiger partial charge in [-0.3, -0.25) is 4.79 Å². The van der Waals surface area contributed by atoms with E-state index in [1.165, 1.54) is 6.33 Å². The Hall–Kier alpha value is -2.34. The Bertz CT molecular complexity index is 757. The molecule has 0 N–H and O–H groups in total. The van der Waals surface area contributed by atoms with E-state index in [9.17, 15) is 4.79 Å². The van der Waals surface area contributed by atoms with E-state index in [1.54, 1.807) is 11.0 Å². The Morgan fingerprint density at radius 3 is 2.42 bits per heavy atom. The van der Waals surface area contributed by atoms with Gasteiger partial charge in [0.15, 0.2) is 0 Å². The summed E-state index contributed by atoms with van der Waals surface area (Å²) in [4.78, 5) is 27.3. The van der Waals surface area contributed by atoms with Crippen LogP contribution in [0.25, 0.3) is 0 Å². The van der Waals surface area contributed by atoms with Crippen molar-refractivity contribution in [2.24, 2.45) is 0 Å². The van der Waals surface area contributed by atoms with Gasteiger partial charge in [0.2, 0.25) is 0 Å². The van der Waals surface area contributed by atoms with Crippen LogP contribution in [-0.4, -0.2) is 60.0 Å². The van der Waals surface area contributed by atoms with E-state index in [4.69, 9.17) is 11.6 Å². The van der Waals surface area contributed by atoms with E-state index in [-0.39, 0.29) is 5.91 Å². The fourth-order valence-corrected chi connectivity index (χ4v) is 3.36. The molecule has 2 aromatic rings. The van der Waals surface area contributed by atoms with Gasteiger partial charge in [0.05, 0.1) is 0 Å². The number of nitrogens with zero attached hydrogens (tertiary/aromatic N) is 5. The second kappa shape index (κ2) is 8.36. The number of amides is 1. The largest absolute Gasteiger partial charge is 0.368 e. The molecule has 1 aromatic heterocycles. The molecule has 1 aliphatic heterocycles. The fraction of sp³-hybridized carbons (Fsp3) is 0.421. The molecule has 0 bridgehead atoms. The van der Waals surface area contributed by atoms with Crippen molar-refractivity contribution < 1.29 is 4.79 Å². The highest BCUT2D eigenvalue weighted by Crippen LogP contribution is 2.22. The Labute approximate surface area is 159 Å². The number of halogens is 1. The van der Waals surface area contributed by atoms with E-state index in [0.717, 1.165) is 42.7 Å². The van der Waals surface area contributed by atoms with Crippen molar-refractivity contribution in [2.45, 2.75) is 13.8 Å². The summed E-state index contributed by atoms with van der Waals surface area (Å²) < 4.78 is 0. The molecular weight excluding hydrogens is 350 g/mol. The molecule has 26 heavy (non-hydrogen) atoms. The van der Waals surface area contributed by atoms with Crippen LogP contribution < -0.4 is 9.80 Å². The van der Waals surface area contributed by atoms with Gasteiger partial charge in [-0.1, -0.05) is 17.7 Å². The van der Waals surface area contributed by atoms with E-state index in [1.807, 2.05) is 32.0 Å². The average Bonchev–Trinajstić information content (AvgIpc) is 2.69. The molecule has 0 spiro atoms.